The molecule has 3 atom stereocenters. The summed E-state index contributed by atoms with van der Waals surface area (Å²) in [6, 6.07) is 5.93. The van der Waals surface area contributed by atoms with E-state index in [4.69, 9.17) is 23.2 Å². The monoisotopic (exact) mass is 438 g/mol. The van der Waals surface area contributed by atoms with Gasteiger partial charge in [-0.2, -0.15) is 0 Å². The van der Waals surface area contributed by atoms with E-state index in [0.29, 0.717) is 16.5 Å². The molecule has 1 N–H and O–H groups in total. The fraction of sp³-hybridized carbons (Fsp3) is 0.750. The Bertz CT molecular complexity index is 702. The van der Waals surface area contributed by atoms with Crippen molar-refractivity contribution in [3.05, 3.63) is 33.8 Å². The molecule has 0 spiro atoms. The van der Waals surface area contributed by atoms with Crippen molar-refractivity contribution in [2.24, 2.45) is 0 Å². The summed E-state index contributed by atoms with van der Waals surface area (Å²) in [7, 11) is 0. The molecule has 0 amide bonds. The van der Waals surface area contributed by atoms with Crippen molar-refractivity contribution < 1.29 is 5.11 Å². The van der Waals surface area contributed by atoms with Gasteiger partial charge in [-0.3, -0.25) is 9.80 Å². The molecule has 0 bridgehead atoms. The minimum atomic E-state index is -0.822. The number of piperidine rings is 2. The van der Waals surface area contributed by atoms with Gasteiger partial charge in [0.15, 0.2) is 0 Å². The molecule has 2 heterocycles. The molecule has 1 saturated carbocycles. The molecule has 3 aliphatic rings. The van der Waals surface area contributed by atoms with Gasteiger partial charge in [-0.05, 0) is 95.7 Å². The van der Waals surface area contributed by atoms with Crippen molar-refractivity contribution in [2.45, 2.75) is 88.3 Å². The lowest BCUT2D eigenvalue weighted by atomic mass is 9.63. The zero-order valence-electron chi connectivity index (χ0n) is 17.8. The average molecular weight is 439 g/mol. The highest BCUT2D eigenvalue weighted by molar-refractivity contribution is 6.35. The van der Waals surface area contributed by atoms with Crippen molar-refractivity contribution >= 4 is 23.2 Å². The molecule has 3 nitrogen and oxygen atoms in total. The summed E-state index contributed by atoms with van der Waals surface area (Å²) in [6.45, 7) is 6.74. The molecule has 5 heteroatoms. The number of benzene rings is 1. The first kappa shape index (κ1) is 21.9. The second-order valence-corrected chi connectivity index (χ2v) is 10.5. The van der Waals surface area contributed by atoms with Crippen LogP contribution in [-0.2, 0) is 6.42 Å². The summed E-state index contributed by atoms with van der Waals surface area (Å²) in [4.78, 5) is 5.20. The molecule has 2 aliphatic heterocycles. The van der Waals surface area contributed by atoms with Crippen molar-refractivity contribution in [1.82, 2.24) is 9.80 Å². The Hall–Kier alpha value is -0.320. The molecular weight excluding hydrogens is 403 g/mol. The van der Waals surface area contributed by atoms with Crippen LogP contribution in [0.5, 0.6) is 0 Å². The molecule has 162 valence electrons. The topological polar surface area (TPSA) is 26.7 Å². The lowest BCUT2D eigenvalue weighted by Gasteiger charge is -2.61. The fourth-order valence-corrected chi connectivity index (χ4v) is 6.73. The van der Waals surface area contributed by atoms with E-state index in [0.717, 1.165) is 44.6 Å². The average Bonchev–Trinajstić information content (AvgIpc) is 2.73. The molecule has 1 aromatic rings. The van der Waals surface area contributed by atoms with Crippen molar-refractivity contribution in [3.63, 3.8) is 0 Å². The van der Waals surface area contributed by atoms with Crippen LogP contribution in [0.4, 0.5) is 0 Å². The summed E-state index contributed by atoms with van der Waals surface area (Å²) < 4.78 is 0. The molecule has 1 aliphatic carbocycles. The van der Waals surface area contributed by atoms with E-state index in [9.17, 15) is 5.11 Å². The van der Waals surface area contributed by atoms with Crippen LogP contribution in [0, 0.1) is 0 Å². The summed E-state index contributed by atoms with van der Waals surface area (Å²) >= 11 is 12.8. The first-order chi connectivity index (χ1) is 13.9. The third kappa shape index (κ3) is 4.23. The Morgan fingerprint density at radius 3 is 2.28 bits per heavy atom. The first-order valence-electron chi connectivity index (χ1n) is 11.6. The Morgan fingerprint density at radius 2 is 1.62 bits per heavy atom. The van der Waals surface area contributed by atoms with Gasteiger partial charge in [0.2, 0.25) is 0 Å². The molecule has 29 heavy (non-hydrogen) atoms. The highest BCUT2D eigenvalue weighted by Gasteiger charge is 2.58. The van der Waals surface area contributed by atoms with Crippen LogP contribution in [0.1, 0.15) is 70.3 Å². The maximum absolute atomic E-state index is 12.6. The fourth-order valence-electron chi connectivity index (χ4n) is 6.25. The van der Waals surface area contributed by atoms with Crippen LogP contribution in [0.25, 0.3) is 0 Å². The van der Waals surface area contributed by atoms with Crippen LogP contribution in [0.3, 0.4) is 0 Å². The maximum atomic E-state index is 12.6. The minimum absolute atomic E-state index is 0.190. The van der Waals surface area contributed by atoms with Crippen molar-refractivity contribution in [2.75, 3.05) is 26.2 Å². The van der Waals surface area contributed by atoms with Crippen LogP contribution in [-0.4, -0.2) is 58.3 Å². The molecular formula is C24H36Cl2N2O. The van der Waals surface area contributed by atoms with Gasteiger partial charge >= 0.3 is 0 Å². The van der Waals surface area contributed by atoms with Gasteiger partial charge in [0, 0.05) is 28.0 Å². The van der Waals surface area contributed by atoms with E-state index in [-0.39, 0.29) is 11.6 Å². The minimum Gasteiger partial charge on any atom is -0.386 e. The van der Waals surface area contributed by atoms with Crippen LogP contribution >= 0.6 is 23.2 Å². The maximum Gasteiger partial charge on any atom is 0.102 e. The Balaban J connectivity index is 1.72. The van der Waals surface area contributed by atoms with Crippen molar-refractivity contribution in [1.29, 1.82) is 0 Å². The number of nitrogens with zero attached hydrogens (tertiary/aromatic N) is 2. The zero-order chi connectivity index (χ0) is 20.5. The summed E-state index contributed by atoms with van der Waals surface area (Å²) in [5.74, 6) is 0. The third-order valence-electron chi connectivity index (χ3n) is 7.99. The summed E-state index contributed by atoms with van der Waals surface area (Å²) in [5.41, 5.74) is -0.0283. The number of hydrogen-bond acceptors (Lipinski definition) is 3. The number of halogens is 2. The molecule has 2 saturated heterocycles. The van der Waals surface area contributed by atoms with E-state index >= 15 is 0 Å². The Morgan fingerprint density at radius 1 is 0.966 bits per heavy atom. The van der Waals surface area contributed by atoms with Crippen LogP contribution in [0.15, 0.2) is 18.2 Å². The highest BCUT2D eigenvalue weighted by Crippen LogP contribution is 2.47. The number of rotatable bonds is 4. The second kappa shape index (κ2) is 9.04. The van der Waals surface area contributed by atoms with Gasteiger partial charge in [0.25, 0.3) is 0 Å². The van der Waals surface area contributed by atoms with Crippen molar-refractivity contribution in [3.8, 4) is 0 Å². The summed E-state index contributed by atoms with van der Waals surface area (Å²) in [5, 5.41) is 14.0. The Kier molecular flexibility index (Phi) is 6.83. The van der Waals surface area contributed by atoms with E-state index in [1.165, 1.54) is 44.9 Å². The van der Waals surface area contributed by atoms with Gasteiger partial charge in [0.1, 0.15) is 5.60 Å². The lowest BCUT2D eigenvalue weighted by Crippen LogP contribution is -2.74. The molecule has 0 aromatic heterocycles. The standard InChI is InChI=1S/C24H36Cl2N2O/c1-23(28-15-6-3-7-16-28)12-8-9-22(27-13-4-2-5-14-27)24(23,29)18-19-10-11-20(25)17-21(19)26/h10-11,17,22,29H,2-9,12-16,18H2,1H3. The third-order valence-corrected chi connectivity index (χ3v) is 8.57. The van der Waals surface area contributed by atoms with Gasteiger partial charge in [0.05, 0.1) is 0 Å². The normalized spacial score (nSPS) is 35.0. The highest BCUT2D eigenvalue weighted by atomic mass is 35.5. The van der Waals surface area contributed by atoms with E-state index in [1.807, 2.05) is 18.2 Å². The number of likely N-dealkylation sites (tertiary alicyclic amines) is 2. The first-order valence-corrected chi connectivity index (χ1v) is 12.3. The van der Waals surface area contributed by atoms with Crippen LogP contribution < -0.4 is 0 Å². The molecule has 1 aromatic carbocycles. The number of aliphatic hydroxyl groups is 1. The summed E-state index contributed by atoms with van der Waals surface area (Å²) in [6.07, 6.45) is 11.5. The molecule has 3 fully saturated rings. The Labute approximate surface area is 186 Å². The van der Waals surface area contributed by atoms with Gasteiger partial charge in [-0.15, -0.1) is 0 Å². The van der Waals surface area contributed by atoms with E-state index in [1.54, 1.807) is 0 Å². The second-order valence-electron chi connectivity index (χ2n) is 9.66. The van der Waals surface area contributed by atoms with E-state index < -0.39 is 5.60 Å². The molecule has 0 radical (unpaired) electrons. The largest absolute Gasteiger partial charge is 0.386 e. The van der Waals surface area contributed by atoms with Gasteiger partial charge in [-0.25, -0.2) is 0 Å². The van der Waals surface area contributed by atoms with E-state index in [2.05, 4.69) is 16.7 Å². The lowest BCUT2D eigenvalue weighted by molar-refractivity contribution is -0.177. The smallest absolute Gasteiger partial charge is 0.102 e. The SMILES string of the molecule is CC1(N2CCCCC2)CCCC(N2CCCCC2)C1(O)Cc1ccc(Cl)cc1Cl. The predicted molar refractivity (Wildman–Crippen MR) is 122 cm³/mol. The predicted octanol–water partition coefficient (Wildman–Crippen LogP) is 5.55. The zero-order valence-corrected chi connectivity index (χ0v) is 19.3. The van der Waals surface area contributed by atoms with Gasteiger partial charge < -0.3 is 5.11 Å². The quantitative estimate of drug-likeness (QED) is 0.666. The molecule has 4 rings (SSSR count). The number of hydrogen-bond donors (Lipinski definition) is 1. The van der Waals surface area contributed by atoms with Crippen LogP contribution in [0.2, 0.25) is 10.0 Å². The molecule has 3 unspecified atom stereocenters. The van der Waals surface area contributed by atoms with Gasteiger partial charge in [-0.1, -0.05) is 42.1 Å².